The fourth-order valence-corrected chi connectivity index (χ4v) is 2.64. The van der Waals surface area contributed by atoms with E-state index >= 15 is 0 Å². The molecule has 2 rings (SSSR count). The third-order valence-corrected chi connectivity index (χ3v) is 3.75. The van der Waals surface area contributed by atoms with Gasteiger partial charge < -0.3 is 10.1 Å². The largest absolute Gasteiger partial charge is 0.496 e. The fraction of sp³-hybridized carbons (Fsp3) is 0.333. The lowest BCUT2D eigenvalue weighted by atomic mass is 10.1. The van der Waals surface area contributed by atoms with Crippen molar-refractivity contribution >= 4 is 11.3 Å². The predicted molar refractivity (Wildman–Crippen MR) is 78.3 cm³/mol. The maximum Gasteiger partial charge on any atom is 0.123 e. The van der Waals surface area contributed by atoms with Crippen LogP contribution in [-0.2, 0) is 6.54 Å². The third-order valence-electron chi connectivity index (χ3n) is 2.83. The van der Waals surface area contributed by atoms with Gasteiger partial charge in [0, 0.05) is 17.0 Å². The first-order valence-corrected chi connectivity index (χ1v) is 7.14. The highest BCUT2D eigenvalue weighted by Crippen LogP contribution is 2.29. The maximum absolute atomic E-state index is 5.41. The number of benzene rings is 1. The molecule has 1 N–H and O–H groups in total. The van der Waals surface area contributed by atoms with E-state index in [2.05, 4.69) is 48.0 Å². The average molecular weight is 261 g/mol. The van der Waals surface area contributed by atoms with Gasteiger partial charge in [0.1, 0.15) is 5.75 Å². The summed E-state index contributed by atoms with van der Waals surface area (Å²) in [4.78, 5) is 1.30. The number of nitrogens with one attached hydrogen (secondary N) is 1. The molecule has 1 aromatic heterocycles. The Morgan fingerprint density at radius 1 is 1.28 bits per heavy atom. The Labute approximate surface area is 113 Å². The molecule has 0 aliphatic rings. The minimum absolute atomic E-state index is 0.857. The third kappa shape index (κ3) is 3.12. The Morgan fingerprint density at radius 3 is 2.83 bits per heavy atom. The molecule has 3 heteroatoms. The number of ether oxygens (including phenoxy) is 1. The molecule has 0 bridgehead atoms. The average Bonchev–Trinajstić information content (AvgIpc) is 2.93. The van der Waals surface area contributed by atoms with E-state index in [0.29, 0.717) is 0 Å². The van der Waals surface area contributed by atoms with Crippen LogP contribution in [0.1, 0.15) is 18.9 Å². The number of hydrogen-bond acceptors (Lipinski definition) is 3. The van der Waals surface area contributed by atoms with E-state index in [1.165, 1.54) is 16.0 Å². The molecule has 96 valence electrons. The summed E-state index contributed by atoms with van der Waals surface area (Å²) in [5.74, 6) is 0.957. The van der Waals surface area contributed by atoms with E-state index in [1.54, 1.807) is 18.4 Å². The van der Waals surface area contributed by atoms with Crippen molar-refractivity contribution in [2.24, 2.45) is 0 Å². The second-order valence-corrected chi connectivity index (χ2v) is 5.13. The van der Waals surface area contributed by atoms with E-state index in [1.807, 2.05) is 0 Å². The second kappa shape index (κ2) is 6.57. The summed E-state index contributed by atoms with van der Waals surface area (Å²) >= 11 is 1.77. The summed E-state index contributed by atoms with van der Waals surface area (Å²) in [6, 6.07) is 10.6. The molecule has 1 heterocycles. The van der Waals surface area contributed by atoms with Crippen LogP contribution < -0.4 is 10.1 Å². The normalized spacial score (nSPS) is 10.6. The Hall–Kier alpha value is -1.32. The van der Waals surface area contributed by atoms with Crippen LogP contribution >= 0.6 is 11.3 Å². The summed E-state index contributed by atoms with van der Waals surface area (Å²) in [5.41, 5.74) is 2.48. The van der Waals surface area contributed by atoms with Gasteiger partial charge in [-0.25, -0.2) is 0 Å². The molecule has 0 spiro atoms. The van der Waals surface area contributed by atoms with Crippen molar-refractivity contribution in [2.75, 3.05) is 13.7 Å². The van der Waals surface area contributed by atoms with Crippen molar-refractivity contribution in [2.45, 2.75) is 19.9 Å². The van der Waals surface area contributed by atoms with Gasteiger partial charge in [-0.2, -0.15) is 0 Å². The molecule has 18 heavy (non-hydrogen) atoms. The molecule has 0 aliphatic carbocycles. The van der Waals surface area contributed by atoms with E-state index in [9.17, 15) is 0 Å². The van der Waals surface area contributed by atoms with Gasteiger partial charge in [0.05, 0.1) is 7.11 Å². The summed E-state index contributed by atoms with van der Waals surface area (Å²) < 4.78 is 5.41. The van der Waals surface area contributed by atoms with Crippen LogP contribution in [0.4, 0.5) is 0 Å². The first kappa shape index (κ1) is 13.1. The Morgan fingerprint density at radius 2 is 2.17 bits per heavy atom. The van der Waals surface area contributed by atoms with Crippen LogP contribution in [0.25, 0.3) is 10.4 Å². The molecular formula is C15H19NOS. The minimum Gasteiger partial charge on any atom is -0.496 e. The highest BCUT2D eigenvalue weighted by atomic mass is 32.1. The lowest BCUT2D eigenvalue weighted by Gasteiger charge is -2.11. The topological polar surface area (TPSA) is 21.3 Å². The van der Waals surface area contributed by atoms with Crippen molar-refractivity contribution in [3.63, 3.8) is 0 Å². The van der Waals surface area contributed by atoms with Crippen LogP contribution in [0.15, 0.2) is 35.7 Å². The highest BCUT2D eigenvalue weighted by molar-refractivity contribution is 7.13. The minimum atomic E-state index is 0.857. The molecule has 0 aliphatic heterocycles. The van der Waals surface area contributed by atoms with Crippen molar-refractivity contribution in [3.8, 4) is 16.2 Å². The summed E-state index contributed by atoms with van der Waals surface area (Å²) in [6.07, 6.45) is 1.15. The van der Waals surface area contributed by atoms with E-state index in [0.717, 1.165) is 25.3 Å². The van der Waals surface area contributed by atoms with E-state index < -0.39 is 0 Å². The van der Waals surface area contributed by atoms with Gasteiger partial charge in [-0.1, -0.05) is 13.0 Å². The van der Waals surface area contributed by atoms with Gasteiger partial charge in [-0.05, 0) is 48.2 Å². The number of hydrogen-bond donors (Lipinski definition) is 1. The lowest BCUT2D eigenvalue weighted by molar-refractivity contribution is 0.408. The zero-order chi connectivity index (χ0) is 12.8. The zero-order valence-electron chi connectivity index (χ0n) is 10.9. The van der Waals surface area contributed by atoms with Gasteiger partial charge in [0.15, 0.2) is 0 Å². The maximum atomic E-state index is 5.41. The van der Waals surface area contributed by atoms with Gasteiger partial charge in [0.2, 0.25) is 0 Å². The Bertz CT molecular complexity index is 479. The molecule has 2 aromatic rings. The standard InChI is InChI=1S/C15H19NOS/c1-3-8-16-11-13-10-12(6-7-14(13)17-2)15-5-4-9-18-15/h4-7,9-10,16H,3,8,11H2,1-2H3. The first-order chi connectivity index (χ1) is 8.85. The SMILES string of the molecule is CCCNCc1cc(-c2cccs2)ccc1OC. The van der Waals surface area contributed by atoms with Gasteiger partial charge in [-0.15, -0.1) is 11.3 Å². The summed E-state index contributed by atoms with van der Waals surface area (Å²) in [7, 11) is 1.73. The van der Waals surface area contributed by atoms with Crippen molar-refractivity contribution in [3.05, 3.63) is 41.3 Å². The second-order valence-electron chi connectivity index (χ2n) is 4.18. The lowest BCUT2D eigenvalue weighted by Crippen LogP contribution is -2.14. The molecule has 0 unspecified atom stereocenters. The zero-order valence-corrected chi connectivity index (χ0v) is 11.7. The molecule has 0 radical (unpaired) electrons. The predicted octanol–water partition coefficient (Wildman–Crippen LogP) is 3.92. The molecule has 0 saturated carbocycles. The highest BCUT2D eigenvalue weighted by Gasteiger charge is 2.06. The number of methoxy groups -OCH3 is 1. The molecule has 2 nitrogen and oxygen atoms in total. The summed E-state index contributed by atoms with van der Waals surface area (Å²) in [6.45, 7) is 4.06. The molecule has 0 saturated heterocycles. The monoisotopic (exact) mass is 261 g/mol. The van der Waals surface area contributed by atoms with Crippen LogP contribution in [0.3, 0.4) is 0 Å². The first-order valence-electron chi connectivity index (χ1n) is 6.26. The van der Waals surface area contributed by atoms with Gasteiger partial charge in [0.25, 0.3) is 0 Å². The van der Waals surface area contributed by atoms with Crippen LogP contribution in [0.2, 0.25) is 0 Å². The van der Waals surface area contributed by atoms with Gasteiger partial charge >= 0.3 is 0 Å². The molecule has 0 fully saturated rings. The van der Waals surface area contributed by atoms with Crippen molar-refractivity contribution in [1.29, 1.82) is 0 Å². The Balaban J connectivity index is 2.22. The Kier molecular flexibility index (Phi) is 4.79. The van der Waals surface area contributed by atoms with Crippen LogP contribution in [0, 0.1) is 0 Å². The molecule has 0 atom stereocenters. The summed E-state index contributed by atoms with van der Waals surface area (Å²) in [5, 5.41) is 5.53. The molecule has 1 aromatic carbocycles. The molecular weight excluding hydrogens is 242 g/mol. The van der Waals surface area contributed by atoms with Crippen LogP contribution in [-0.4, -0.2) is 13.7 Å². The number of rotatable bonds is 6. The molecule has 0 amide bonds. The van der Waals surface area contributed by atoms with E-state index in [-0.39, 0.29) is 0 Å². The number of thiophene rings is 1. The van der Waals surface area contributed by atoms with Crippen molar-refractivity contribution < 1.29 is 4.74 Å². The quantitative estimate of drug-likeness (QED) is 0.796. The van der Waals surface area contributed by atoms with Crippen molar-refractivity contribution in [1.82, 2.24) is 5.32 Å². The van der Waals surface area contributed by atoms with Gasteiger partial charge in [-0.3, -0.25) is 0 Å². The fourth-order valence-electron chi connectivity index (χ4n) is 1.91. The van der Waals surface area contributed by atoms with E-state index in [4.69, 9.17) is 4.74 Å². The van der Waals surface area contributed by atoms with Crippen LogP contribution in [0.5, 0.6) is 5.75 Å². The smallest absolute Gasteiger partial charge is 0.123 e.